The van der Waals surface area contributed by atoms with E-state index in [9.17, 15) is 4.79 Å². The molecule has 2 aliphatic rings. The van der Waals surface area contributed by atoms with E-state index >= 15 is 0 Å². The Labute approximate surface area is 97.1 Å². The number of rotatable bonds is 4. The van der Waals surface area contributed by atoms with Crippen LogP contribution >= 0.6 is 0 Å². The van der Waals surface area contributed by atoms with Crippen LogP contribution in [0.2, 0.25) is 0 Å². The summed E-state index contributed by atoms with van der Waals surface area (Å²) in [6, 6.07) is 0. The van der Waals surface area contributed by atoms with Crippen molar-refractivity contribution >= 4 is 5.91 Å². The van der Waals surface area contributed by atoms with Gasteiger partial charge in [0.25, 0.3) is 0 Å². The van der Waals surface area contributed by atoms with Crippen molar-refractivity contribution in [3.8, 4) is 0 Å². The molecule has 2 N–H and O–H groups in total. The van der Waals surface area contributed by atoms with Gasteiger partial charge < -0.3 is 15.4 Å². The third kappa shape index (κ3) is 2.95. The number of methoxy groups -OCH3 is 1. The molecular formula is C12H22N2O2. The minimum absolute atomic E-state index is 0.230. The first kappa shape index (κ1) is 11.9. The zero-order chi connectivity index (χ0) is 11.4. The van der Waals surface area contributed by atoms with E-state index in [0.29, 0.717) is 25.0 Å². The van der Waals surface area contributed by atoms with Crippen molar-refractivity contribution in [2.75, 3.05) is 33.4 Å². The summed E-state index contributed by atoms with van der Waals surface area (Å²) in [4.78, 5) is 11.9. The smallest absolute Gasteiger partial charge is 0.223 e. The largest absolute Gasteiger partial charge is 0.383 e. The molecule has 1 aliphatic carbocycles. The van der Waals surface area contributed by atoms with Gasteiger partial charge in [0, 0.05) is 19.6 Å². The number of hydrogen-bond donors (Lipinski definition) is 2. The Balaban J connectivity index is 1.78. The van der Waals surface area contributed by atoms with Gasteiger partial charge in [-0.15, -0.1) is 0 Å². The van der Waals surface area contributed by atoms with Crippen LogP contribution in [0.1, 0.15) is 19.3 Å². The van der Waals surface area contributed by atoms with E-state index < -0.39 is 0 Å². The summed E-state index contributed by atoms with van der Waals surface area (Å²) in [5.41, 5.74) is 0. The third-order valence-electron chi connectivity index (χ3n) is 3.74. The van der Waals surface area contributed by atoms with Gasteiger partial charge >= 0.3 is 0 Å². The SMILES string of the molecule is COCCNC(=O)C1CC2CNCC(C2)C1. The summed E-state index contributed by atoms with van der Waals surface area (Å²) in [7, 11) is 1.66. The van der Waals surface area contributed by atoms with Crippen molar-refractivity contribution in [1.29, 1.82) is 0 Å². The second-order valence-electron chi connectivity index (χ2n) is 5.08. The third-order valence-corrected chi connectivity index (χ3v) is 3.74. The topological polar surface area (TPSA) is 50.4 Å². The van der Waals surface area contributed by atoms with E-state index in [0.717, 1.165) is 25.9 Å². The molecule has 0 spiro atoms. The summed E-state index contributed by atoms with van der Waals surface area (Å²) < 4.78 is 4.93. The van der Waals surface area contributed by atoms with Crippen LogP contribution in [0.25, 0.3) is 0 Å². The molecule has 0 radical (unpaired) electrons. The fourth-order valence-corrected chi connectivity index (χ4v) is 3.02. The molecule has 2 atom stereocenters. The average molecular weight is 226 g/mol. The van der Waals surface area contributed by atoms with E-state index in [2.05, 4.69) is 10.6 Å². The maximum Gasteiger partial charge on any atom is 0.223 e. The highest BCUT2D eigenvalue weighted by molar-refractivity contribution is 5.78. The predicted molar refractivity (Wildman–Crippen MR) is 62.1 cm³/mol. The molecule has 4 heteroatoms. The van der Waals surface area contributed by atoms with E-state index in [1.165, 1.54) is 6.42 Å². The van der Waals surface area contributed by atoms with Crippen LogP contribution in [0.4, 0.5) is 0 Å². The highest BCUT2D eigenvalue weighted by Gasteiger charge is 2.34. The highest BCUT2D eigenvalue weighted by atomic mass is 16.5. The van der Waals surface area contributed by atoms with Gasteiger partial charge in [0.2, 0.25) is 5.91 Å². The van der Waals surface area contributed by atoms with Gasteiger partial charge in [0.15, 0.2) is 0 Å². The van der Waals surface area contributed by atoms with Crippen LogP contribution in [0.15, 0.2) is 0 Å². The Morgan fingerprint density at radius 1 is 1.31 bits per heavy atom. The van der Waals surface area contributed by atoms with Crippen LogP contribution in [-0.4, -0.2) is 39.3 Å². The average Bonchev–Trinajstić information content (AvgIpc) is 2.28. The lowest BCUT2D eigenvalue weighted by Crippen LogP contribution is -2.45. The number of hydrogen-bond acceptors (Lipinski definition) is 3. The van der Waals surface area contributed by atoms with Crippen LogP contribution in [0, 0.1) is 17.8 Å². The van der Waals surface area contributed by atoms with Gasteiger partial charge in [0.05, 0.1) is 6.61 Å². The molecule has 1 amide bonds. The van der Waals surface area contributed by atoms with Crippen molar-refractivity contribution in [3.05, 3.63) is 0 Å². The summed E-state index contributed by atoms with van der Waals surface area (Å²) in [6.45, 7) is 3.43. The first-order valence-corrected chi connectivity index (χ1v) is 6.27. The lowest BCUT2D eigenvalue weighted by atomic mass is 9.73. The monoisotopic (exact) mass is 226 g/mol. The van der Waals surface area contributed by atoms with Crippen molar-refractivity contribution in [1.82, 2.24) is 10.6 Å². The molecule has 1 aliphatic heterocycles. The van der Waals surface area contributed by atoms with Crippen LogP contribution in [-0.2, 0) is 9.53 Å². The second-order valence-corrected chi connectivity index (χ2v) is 5.08. The lowest BCUT2D eigenvalue weighted by Gasteiger charge is -2.38. The predicted octanol–water partition coefficient (Wildman–Crippen LogP) is 0.385. The highest BCUT2D eigenvalue weighted by Crippen LogP contribution is 2.35. The number of nitrogens with one attached hydrogen (secondary N) is 2. The Kier molecular flexibility index (Phi) is 4.18. The summed E-state index contributed by atoms with van der Waals surface area (Å²) in [6.07, 6.45) is 3.43. The fraction of sp³-hybridized carbons (Fsp3) is 0.917. The number of carbonyl (C=O) groups excluding carboxylic acids is 1. The second kappa shape index (κ2) is 5.64. The van der Waals surface area contributed by atoms with E-state index in [1.54, 1.807) is 7.11 Å². The number of amides is 1. The van der Waals surface area contributed by atoms with E-state index in [-0.39, 0.29) is 11.8 Å². The maximum absolute atomic E-state index is 11.9. The molecule has 16 heavy (non-hydrogen) atoms. The van der Waals surface area contributed by atoms with Crippen molar-refractivity contribution in [3.63, 3.8) is 0 Å². The van der Waals surface area contributed by atoms with Crippen molar-refractivity contribution < 1.29 is 9.53 Å². The molecule has 4 nitrogen and oxygen atoms in total. The Hall–Kier alpha value is -0.610. The van der Waals surface area contributed by atoms with Crippen LogP contribution in [0.5, 0.6) is 0 Å². The molecule has 0 aromatic rings. The fourth-order valence-electron chi connectivity index (χ4n) is 3.02. The number of carbonyl (C=O) groups is 1. The molecule has 92 valence electrons. The number of ether oxygens (including phenoxy) is 1. The van der Waals surface area contributed by atoms with Gasteiger partial charge in [-0.1, -0.05) is 0 Å². The van der Waals surface area contributed by atoms with Gasteiger partial charge in [-0.25, -0.2) is 0 Å². The van der Waals surface area contributed by atoms with Gasteiger partial charge in [-0.3, -0.25) is 4.79 Å². The molecule has 1 saturated carbocycles. The first-order chi connectivity index (χ1) is 7.79. The van der Waals surface area contributed by atoms with Gasteiger partial charge in [0.1, 0.15) is 0 Å². The first-order valence-electron chi connectivity index (χ1n) is 6.27. The zero-order valence-corrected chi connectivity index (χ0v) is 10.00. The van der Waals surface area contributed by atoms with Gasteiger partial charge in [-0.2, -0.15) is 0 Å². The normalized spacial score (nSPS) is 33.4. The molecule has 0 aromatic heterocycles. The lowest BCUT2D eigenvalue weighted by molar-refractivity contribution is -0.127. The van der Waals surface area contributed by atoms with E-state index in [4.69, 9.17) is 4.74 Å². The summed E-state index contributed by atoms with van der Waals surface area (Å²) in [5.74, 6) is 1.90. The number of piperidine rings is 1. The Morgan fingerprint density at radius 2 is 2.00 bits per heavy atom. The van der Waals surface area contributed by atoms with Crippen molar-refractivity contribution in [2.45, 2.75) is 19.3 Å². The van der Waals surface area contributed by atoms with Crippen molar-refractivity contribution in [2.24, 2.45) is 17.8 Å². The molecule has 1 saturated heterocycles. The minimum atomic E-state index is 0.230. The van der Waals surface area contributed by atoms with E-state index in [1.807, 2.05) is 0 Å². The molecule has 0 aromatic carbocycles. The van der Waals surface area contributed by atoms with Gasteiger partial charge in [-0.05, 0) is 44.2 Å². The molecular weight excluding hydrogens is 204 g/mol. The molecule has 2 unspecified atom stereocenters. The molecule has 2 rings (SSSR count). The number of fused-ring (bicyclic) bond motifs is 2. The van der Waals surface area contributed by atoms with Crippen LogP contribution < -0.4 is 10.6 Å². The zero-order valence-electron chi connectivity index (χ0n) is 10.00. The standard InChI is InChI=1S/C12H22N2O2/c1-16-3-2-14-12(15)11-5-9-4-10(6-11)8-13-7-9/h9-11,13H,2-8H2,1H3,(H,14,15). The van der Waals surface area contributed by atoms with Crippen LogP contribution in [0.3, 0.4) is 0 Å². The Bertz CT molecular complexity index is 233. The maximum atomic E-state index is 11.9. The molecule has 2 fully saturated rings. The Morgan fingerprint density at radius 3 is 2.62 bits per heavy atom. The summed E-state index contributed by atoms with van der Waals surface area (Å²) >= 11 is 0. The molecule has 2 bridgehead atoms. The minimum Gasteiger partial charge on any atom is -0.383 e. The molecule has 1 heterocycles. The summed E-state index contributed by atoms with van der Waals surface area (Å²) in [5, 5.41) is 6.41. The quantitative estimate of drug-likeness (QED) is 0.682.